The zero-order valence-electron chi connectivity index (χ0n) is 11.1. The number of anilines is 1. The summed E-state index contributed by atoms with van der Waals surface area (Å²) in [6.07, 6.45) is 0. The predicted octanol–water partition coefficient (Wildman–Crippen LogP) is 3.52. The molecule has 4 nitrogen and oxygen atoms in total. The Balaban J connectivity index is 1.93. The van der Waals surface area contributed by atoms with Crippen molar-refractivity contribution in [3.8, 4) is 0 Å². The summed E-state index contributed by atoms with van der Waals surface area (Å²) in [5.41, 5.74) is 0.214. The predicted molar refractivity (Wildman–Crippen MR) is 79.4 cm³/mol. The van der Waals surface area contributed by atoms with Crippen LogP contribution in [0.3, 0.4) is 0 Å². The van der Waals surface area contributed by atoms with Crippen LogP contribution in [-0.2, 0) is 9.53 Å². The minimum Gasteiger partial charge on any atom is -0.452 e. The number of nitrogens with one attached hydrogen (secondary N) is 1. The zero-order chi connectivity index (χ0) is 16.1. The third-order valence-electron chi connectivity index (χ3n) is 2.58. The fraction of sp³-hybridized carbons (Fsp3) is 0.0667. The zero-order valence-corrected chi connectivity index (χ0v) is 12.7. The topological polar surface area (TPSA) is 55.4 Å². The van der Waals surface area contributed by atoms with Gasteiger partial charge in [0.1, 0.15) is 11.6 Å². The van der Waals surface area contributed by atoms with Crippen molar-refractivity contribution in [2.45, 2.75) is 0 Å². The Morgan fingerprint density at radius 1 is 1.09 bits per heavy atom. The Morgan fingerprint density at radius 2 is 1.73 bits per heavy atom. The van der Waals surface area contributed by atoms with Crippen LogP contribution in [-0.4, -0.2) is 18.5 Å². The average molecular weight is 370 g/mol. The van der Waals surface area contributed by atoms with E-state index in [1.807, 2.05) is 0 Å². The SMILES string of the molecule is O=C(COC(=O)c1cc(F)cc(F)c1)Nc1ccccc1Br. The molecular weight excluding hydrogens is 360 g/mol. The van der Waals surface area contributed by atoms with Crippen LogP contribution in [0.2, 0.25) is 0 Å². The summed E-state index contributed by atoms with van der Waals surface area (Å²) < 4.78 is 31.4. The molecule has 0 saturated carbocycles. The van der Waals surface area contributed by atoms with E-state index >= 15 is 0 Å². The lowest BCUT2D eigenvalue weighted by Gasteiger charge is -2.08. The Morgan fingerprint density at radius 3 is 2.36 bits per heavy atom. The third-order valence-corrected chi connectivity index (χ3v) is 3.27. The van der Waals surface area contributed by atoms with Gasteiger partial charge >= 0.3 is 5.97 Å². The second kappa shape index (κ2) is 7.13. The molecule has 0 bridgehead atoms. The molecule has 0 saturated heterocycles. The number of carbonyl (C=O) groups excluding carboxylic acids is 2. The van der Waals surface area contributed by atoms with Gasteiger partial charge in [0, 0.05) is 10.5 Å². The number of hydrogen-bond donors (Lipinski definition) is 1. The number of halogens is 3. The van der Waals surface area contributed by atoms with E-state index in [9.17, 15) is 18.4 Å². The highest BCUT2D eigenvalue weighted by Gasteiger charge is 2.13. The monoisotopic (exact) mass is 369 g/mol. The Bertz CT molecular complexity index is 701. The second-order valence-corrected chi connectivity index (χ2v) is 5.12. The molecule has 0 fully saturated rings. The molecular formula is C15H10BrF2NO3. The van der Waals surface area contributed by atoms with Crippen molar-refractivity contribution >= 4 is 33.5 Å². The van der Waals surface area contributed by atoms with E-state index in [2.05, 4.69) is 21.2 Å². The fourth-order valence-electron chi connectivity index (χ4n) is 1.63. The molecule has 0 radical (unpaired) electrons. The molecule has 7 heteroatoms. The standard InChI is InChI=1S/C15H10BrF2NO3/c16-12-3-1-2-4-13(12)19-14(20)8-22-15(21)9-5-10(17)7-11(18)6-9/h1-7H,8H2,(H,19,20). The number of para-hydroxylation sites is 1. The van der Waals surface area contributed by atoms with E-state index in [0.717, 1.165) is 12.1 Å². The maximum absolute atomic E-state index is 13.0. The number of benzene rings is 2. The van der Waals surface area contributed by atoms with E-state index in [1.165, 1.54) is 0 Å². The first-order valence-electron chi connectivity index (χ1n) is 6.13. The van der Waals surface area contributed by atoms with Crippen molar-refractivity contribution < 1.29 is 23.1 Å². The summed E-state index contributed by atoms with van der Waals surface area (Å²) in [6, 6.07) is 9.19. The maximum Gasteiger partial charge on any atom is 0.338 e. The second-order valence-electron chi connectivity index (χ2n) is 4.26. The number of carbonyl (C=O) groups is 2. The van der Waals surface area contributed by atoms with Crippen LogP contribution in [0.25, 0.3) is 0 Å². The highest BCUT2D eigenvalue weighted by molar-refractivity contribution is 9.10. The molecule has 0 heterocycles. The lowest BCUT2D eigenvalue weighted by atomic mass is 10.2. The first-order valence-corrected chi connectivity index (χ1v) is 6.92. The molecule has 0 atom stereocenters. The Labute approximate surface area is 133 Å². The van der Waals surface area contributed by atoms with E-state index in [0.29, 0.717) is 16.2 Å². The van der Waals surface area contributed by atoms with Crippen molar-refractivity contribution in [1.29, 1.82) is 0 Å². The molecule has 1 amide bonds. The molecule has 2 aromatic rings. The first-order chi connectivity index (χ1) is 10.5. The fourth-order valence-corrected chi connectivity index (χ4v) is 2.02. The smallest absolute Gasteiger partial charge is 0.338 e. The summed E-state index contributed by atoms with van der Waals surface area (Å²) in [4.78, 5) is 23.3. The minimum atomic E-state index is -0.985. The van der Waals surface area contributed by atoms with E-state index in [4.69, 9.17) is 4.74 Å². The van der Waals surface area contributed by atoms with Crippen molar-refractivity contribution in [3.05, 3.63) is 64.1 Å². The van der Waals surface area contributed by atoms with Crippen molar-refractivity contribution in [3.63, 3.8) is 0 Å². The number of ether oxygens (including phenoxy) is 1. The normalized spacial score (nSPS) is 10.1. The summed E-state index contributed by atoms with van der Waals surface area (Å²) in [5.74, 6) is -3.35. The molecule has 1 N–H and O–H groups in total. The van der Waals surface area contributed by atoms with Crippen LogP contribution in [0.5, 0.6) is 0 Å². The van der Waals surface area contributed by atoms with Crippen LogP contribution in [0, 0.1) is 11.6 Å². The molecule has 0 aliphatic rings. The quantitative estimate of drug-likeness (QED) is 0.838. The van der Waals surface area contributed by atoms with Gasteiger partial charge < -0.3 is 10.1 Å². The van der Waals surface area contributed by atoms with Crippen LogP contribution < -0.4 is 5.32 Å². The van der Waals surface area contributed by atoms with Gasteiger partial charge in [-0.15, -0.1) is 0 Å². The van der Waals surface area contributed by atoms with Crippen LogP contribution in [0.15, 0.2) is 46.9 Å². The highest BCUT2D eigenvalue weighted by Crippen LogP contribution is 2.21. The molecule has 22 heavy (non-hydrogen) atoms. The highest BCUT2D eigenvalue weighted by atomic mass is 79.9. The van der Waals surface area contributed by atoms with Gasteiger partial charge in [-0.1, -0.05) is 12.1 Å². The Hall–Kier alpha value is -2.28. The van der Waals surface area contributed by atoms with Gasteiger partial charge in [0.05, 0.1) is 11.3 Å². The number of hydrogen-bond acceptors (Lipinski definition) is 3. The third kappa shape index (κ3) is 4.36. The van der Waals surface area contributed by atoms with E-state index in [1.54, 1.807) is 24.3 Å². The van der Waals surface area contributed by atoms with Gasteiger partial charge in [-0.3, -0.25) is 4.79 Å². The lowest BCUT2D eigenvalue weighted by Crippen LogP contribution is -2.21. The van der Waals surface area contributed by atoms with Gasteiger partial charge in [-0.05, 0) is 40.2 Å². The van der Waals surface area contributed by atoms with Gasteiger partial charge in [0.2, 0.25) is 0 Å². The molecule has 114 valence electrons. The lowest BCUT2D eigenvalue weighted by molar-refractivity contribution is -0.119. The number of amides is 1. The van der Waals surface area contributed by atoms with Crippen LogP contribution in [0.1, 0.15) is 10.4 Å². The van der Waals surface area contributed by atoms with Crippen molar-refractivity contribution in [1.82, 2.24) is 0 Å². The van der Waals surface area contributed by atoms with Gasteiger partial charge in [-0.2, -0.15) is 0 Å². The molecule has 2 aromatic carbocycles. The summed E-state index contributed by atoms with van der Waals surface area (Å²) in [6.45, 7) is -0.571. The summed E-state index contributed by atoms with van der Waals surface area (Å²) in [7, 11) is 0. The van der Waals surface area contributed by atoms with Crippen LogP contribution in [0.4, 0.5) is 14.5 Å². The molecule has 0 aliphatic carbocycles. The molecule has 0 spiro atoms. The molecule has 0 aromatic heterocycles. The summed E-state index contributed by atoms with van der Waals surface area (Å²) in [5, 5.41) is 2.53. The van der Waals surface area contributed by atoms with Crippen molar-refractivity contribution in [2.75, 3.05) is 11.9 Å². The van der Waals surface area contributed by atoms with Gasteiger partial charge in [0.25, 0.3) is 5.91 Å². The minimum absolute atomic E-state index is 0.300. The van der Waals surface area contributed by atoms with Gasteiger partial charge in [0.15, 0.2) is 6.61 Å². The van der Waals surface area contributed by atoms with Gasteiger partial charge in [-0.25, -0.2) is 13.6 Å². The molecule has 0 aliphatic heterocycles. The molecule has 0 unspecified atom stereocenters. The van der Waals surface area contributed by atoms with E-state index < -0.39 is 30.1 Å². The average Bonchev–Trinajstić information content (AvgIpc) is 2.46. The largest absolute Gasteiger partial charge is 0.452 e. The Kier molecular flexibility index (Phi) is 5.21. The number of rotatable bonds is 4. The maximum atomic E-state index is 13.0. The summed E-state index contributed by atoms with van der Waals surface area (Å²) >= 11 is 3.25. The number of esters is 1. The van der Waals surface area contributed by atoms with Crippen molar-refractivity contribution in [2.24, 2.45) is 0 Å². The molecule has 2 rings (SSSR count). The van der Waals surface area contributed by atoms with E-state index in [-0.39, 0.29) is 5.56 Å². The van der Waals surface area contributed by atoms with Crippen LogP contribution >= 0.6 is 15.9 Å². The first kappa shape index (κ1) is 16.1.